The largest absolute Gasteiger partial charge is 0.466 e. The average Bonchev–Trinajstić information content (AvgIpc) is 2.93. The molecular weight excluding hydrogens is 272 g/mol. The predicted octanol–water partition coefficient (Wildman–Crippen LogP) is 2.36. The quantitative estimate of drug-likeness (QED) is 0.391. The number of epoxide rings is 1. The molecule has 8 heteroatoms. The van der Waals surface area contributed by atoms with E-state index in [-0.39, 0.29) is 6.10 Å². The Hall–Kier alpha value is -0.890. The van der Waals surface area contributed by atoms with E-state index in [2.05, 4.69) is 4.74 Å². The lowest BCUT2D eigenvalue weighted by molar-refractivity contribution is -0.224. The second-order valence-electron chi connectivity index (χ2n) is 4.33. The Morgan fingerprint density at radius 1 is 1.16 bits per heavy atom. The zero-order chi connectivity index (χ0) is 14.7. The van der Waals surface area contributed by atoms with Gasteiger partial charge in [-0.2, -0.15) is 17.6 Å². The van der Waals surface area contributed by atoms with Crippen LogP contribution in [0.25, 0.3) is 0 Å². The molecule has 2 unspecified atom stereocenters. The van der Waals surface area contributed by atoms with Gasteiger partial charge < -0.3 is 14.2 Å². The van der Waals surface area contributed by atoms with Crippen molar-refractivity contribution in [2.45, 2.75) is 50.9 Å². The van der Waals surface area contributed by atoms with Gasteiger partial charge in [0.1, 0.15) is 6.10 Å². The molecule has 0 saturated carbocycles. The van der Waals surface area contributed by atoms with E-state index in [1.165, 1.54) is 0 Å². The van der Waals surface area contributed by atoms with Gasteiger partial charge in [-0.25, -0.2) is 0 Å². The van der Waals surface area contributed by atoms with Crippen molar-refractivity contribution in [1.29, 1.82) is 0 Å². The Labute approximate surface area is 108 Å². The van der Waals surface area contributed by atoms with Crippen molar-refractivity contribution in [1.82, 2.24) is 0 Å². The van der Waals surface area contributed by atoms with E-state index in [1.54, 1.807) is 6.92 Å². The third kappa shape index (κ3) is 4.94. The second-order valence-corrected chi connectivity index (χ2v) is 4.33. The summed E-state index contributed by atoms with van der Waals surface area (Å²) in [6.07, 6.45) is -3.11. The number of carbonyl (C=O) groups excluding carboxylic acids is 1. The number of hydrogen-bond donors (Lipinski definition) is 0. The molecule has 4 nitrogen and oxygen atoms in total. The maximum atomic E-state index is 13.3. The van der Waals surface area contributed by atoms with Crippen LogP contribution in [0, 0.1) is 0 Å². The zero-order valence-electron chi connectivity index (χ0n) is 10.6. The Kier molecular flexibility index (Phi) is 5.14. The Bertz CT molecular complexity index is 322. The van der Waals surface area contributed by atoms with Crippen LogP contribution in [0.2, 0.25) is 0 Å². The molecule has 19 heavy (non-hydrogen) atoms. The van der Waals surface area contributed by atoms with Crippen molar-refractivity contribution < 1.29 is 36.6 Å². The minimum absolute atomic E-state index is 0.182. The van der Waals surface area contributed by atoms with Crippen LogP contribution in [-0.2, 0) is 19.0 Å². The lowest BCUT2D eigenvalue weighted by Crippen LogP contribution is -2.42. The van der Waals surface area contributed by atoms with Gasteiger partial charge in [-0.15, -0.1) is 0 Å². The summed E-state index contributed by atoms with van der Waals surface area (Å²) >= 11 is 0. The summed E-state index contributed by atoms with van der Waals surface area (Å²) in [4.78, 5) is 10.4. The highest BCUT2D eigenvalue weighted by atomic mass is 19.3. The zero-order valence-corrected chi connectivity index (χ0v) is 10.6. The van der Waals surface area contributed by atoms with Crippen molar-refractivity contribution in [3.63, 3.8) is 0 Å². The monoisotopic (exact) mass is 288 g/mol. The van der Waals surface area contributed by atoms with Gasteiger partial charge in [0, 0.05) is 13.3 Å². The van der Waals surface area contributed by atoms with Crippen LogP contribution in [0.4, 0.5) is 17.6 Å². The fraction of sp³-hybridized carbons (Fsp3) is 0.909. The number of ether oxygens (including phenoxy) is 3. The average molecular weight is 288 g/mol. The van der Waals surface area contributed by atoms with E-state index in [9.17, 15) is 22.4 Å². The standard InChI is InChI=1S/C11H16F4O4/c1-7-9(19-7)18-6-4-11(14,15)10(12,13)3-5-17-8(2)16/h7,9H,3-6H2,1-2H3. The molecule has 1 saturated heterocycles. The Morgan fingerprint density at radius 3 is 2.05 bits per heavy atom. The number of halogens is 4. The van der Waals surface area contributed by atoms with Crippen LogP contribution in [-0.4, -0.2) is 43.4 Å². The van der Waals surface area contributed by atoms with Gasteiger partial charge >= 0.3 is 17.8 Å². The maximum Gasteiger partial charge on any atom is 0.313 e. The van der Waals surface area contributed by atoms with Gasteiger partial charge in [-0.3, -0.25) is 4.79 Å². The third-order valence-electron chi connectivity index (χ3n) is 2.61. The van der Waals surface area contributed by atoms with Crippen LogP contribution < -0.4 is 0 Å². The highest BCUT2D eigenvalue weighted by Crippen LogP contribution is 2.39. The Balaban J connectivity index is 2.32. The van der Waals surface area contributed by atoms with Crippen molar-refractivity contribution in [3.8, 4) is 0 Å². The first-order valence-electron chi connectivity index (χ1n) is 5.82. The number of rotatable bonds is 8. The number of carbonyl (C=O) groups is 1. The molecule has 1 heterocycles. The molecule has 0 N–H and O–H groups in total. The normalized spacial score (nSPS) is 23.3. The molecule has 2 atom stereocenters. The van der Waals surface area contributed by atoms with Crippen LogP contribution in [0.5, 0.6) is 0 Å². The SMILES string of the molecule is CC(=O)OCCC(F)(F)C(F)(F)CCOC1OC1C. The smallest absolute Gasteiger partial charge is 0.313 e. The summed E-state index contributed by atoms with van der Waals surface area (Å²) < 4.78 is 66.9. The molecule has 112 valence electrons. The van der Waals surface area contributed by atoms with Crippen molar-refractivity contribution >= 4 is 5.97 Å². The molecule has 0 amide bonds. The summed E-state index contributed by atoms with van der Waals surface area (Å²) in [7, 11) is 0. The van der Waals surface area contributed by atoms with E-state index in [4.69, 9.17) is 9.47 Å². The second kappa shape index (κ2) is 6.04. The fourth-order valence-electron chi connectivity index (χ4n) is 1.33. The van der Waals surface area contributed by atoms with Crippen LogP contribution in [0.3, 0.4) is 0 Å². The summed E-state index contributed by atoms with van der Waals surface area (Å²) in [5, 5.41) is 0. The van der Waals surface area contributed by atoms with Crippen molar-refractivity contribution in [2.75, 3.05) is 13.2 Å². The molecule has 1 aliphatic heterocycles. The molecule has 1 rings (SSSR count). The number of hydrogen-bond acceptors (Lipinski definition) is 4. The first-order chi connectivity index (χ1) is 8.66. The molecule has 1 aliphatic rings. The van der Waals surface area contributed by atoms with Crippen molar-refractivity contribution in [3.05, 3.63) is 0 Å². The first kappa shape index (κ1) is 16.2. The van der Waals surface area contributed by atoms with E-state index >= 15 is 0 Å². The van der Waals surface area contributed by atoms with E-state index < -0.39 is 50.2 Å². The van der Waals surface area contributed by atoms with E-state index in [1.807, 2.05) is 0 Å². The van der Waals surface area contributed by atoms with E-state index in [0.717, 1.165) is 6.92 Å². The maximum absolute atomic E-state index is 13.3. The van der Waals surface area contributed by atoms with Gasteiger partial charge in [0.25, 0.3) is 0 Å². The van der Waals surface area contributed by atoms with E-state index in [0.29, 0.717) is 0 Å². The molecule has 0 aromatic heterocycles. The van der Waals surface area contributed by atoms with Gasteiger partial charge in [0.05, 0.1) is 19.6 Å². The molecule has 0 aliphatic carbocycles. The summed E-state index contributed by atoms with van der Waals surface area (Å²) in [5.41, 5.74) is 0. The number of esters is 1. The van der Waals surface area contributed by atoms with Crippen molar-refractivity contribution in [2.24, 2.45) is 0 Å². The minimum Gasteiger partial charge on any atom is -0.466 e. The summed E-state index contributed by atoms with van der Waals surface area (Å²) in [5.74, 6) is -9.25. The highest BCUT2D eigenvalue weighted by molar-refractivity contribution is 5.65. The van der Waals surface area contributed by atoms with Crippen LogP contribution >= 0.6 is 0 Å². The first-order valence-corrected chi connectivity index (χ1v) is 5.82. The third-order valence-corrected chi connectivity index (χ3v) is 2.61. The predicted molar refractivity (Wildman–Crippen MR) is 56.0 cm³/mol. The molecule has 0 spiro atoms. The lowest BCUT2D eigenvalue weighted by atomic mass is 10.1. The summed E-state index contributed by atoms with van der Waals surface area (Å²) in [6, 6.07) is 0. The van der Waals surface area contributed by atoms with Crippen LogP contribution in [0.15, 0.2) is 0 Å². The molecule has 0 aromatic carbocycles. The molecular formula is C11H16F4O4. The van der Waals surface area contributed by atoms with Gasteiger partial charge in [-0.1, -0.05) is 0 Å². The fourth-order valence-corrected chi connectivity index (χ4v) is 1.33. The topological polar surface area (TPSA) is 48.1 Å². The lowest BCUT2D eigenvalue weighted by Gasteiger charge is -2.26. The minimum atomic E-state index is -4.25. The van der Waals surface area contributed by atoms with Crippen LogP contribution in [0.1, 0.15) is 26.7 Å². The summed E-state index contributed by atoms with van der Waals surface area (Å²) in [6.45, 7) is 1.42. The molecule has 0 bridgehead atoms. The molecule has 1 fully saturated rings. The van der Waals surface area contributed by atoms with Gasteiger partial charge in [0.2, 0.25) is 0 Å². The number of alkyl halides is 4. The van der Waals surface area contributed by atoms with Gasteiger partial charge in [0.15, 0.2) is 6.29 Å². The Morgan fingerprint density at radius 2 is 1.63 bits per heavy atom. The molecule has 0 aromatic rings. The van der Waals surface area contributed by atoms with Gasteiger partial charge in [-0.05, 0) is 6.92 Å². The highest BCUT2D eigenvalue weighted by Gasteiger charge is 2.55. The molecule has 0 radical (unpaired) electrons.